The molecule has 1 rings (SSSR count). The highest BCUT2D eigenvalue weighted by Crippen LogP contribution is 2.17. The quantitative estimate of drug-likeness (QED) is 0.786. The van der Waals surface area contributed by atoms with Crippen LogP contribution in [0.2, 0.25) is 0 Å². The number of carboxylic acid groups (broad SMARTS) is 1. The molecule has 0 aliphatic rings. The topological polar surface area (TPSA) is 76.2 Å². The van der Waals surface area contributed by atoms with Gasteiger partial charge < -0.3 is 10.8 Å². The van der Waals surface area contributed by atoms with Crippen molar-refractivity contribution in [3.63, 3.8) is 0 Å². The molecule has 0 saturated carbocycles. The molecule has 15 heavy (non-hydrogen) atoms. The van der Waals surface area contributed by atoms with Crippen molar-refractivity contribution in [3.8, 4) is 0 Å². The van der Waals surface area contributed by atoms with Crippen molar-refractivity contribution in [1.82, 2.24) is 4.98 Å². The molecule has 1 atom stereocenters. The van der Waals surface area contributed by atoms with E-state index in [9.17, 15) is 13.6 Å². The summed E-state index contributed by atoms with van der Waals surface area (Å²) in [5, 5.41) is 8.53. The number of halogens is 2. The van der Waals surface area contributed by atoms with Gasteiger partial charge in [-0.2, -0.15) is 0 Å². The number of pyridine rings is 1. The summed E-state index contributed by atoms with van der Waals surface area (Å²) < 4.78 is 24.5. The van der Waals surface area contributed by atoms with E-state index < -0.39 is 18.4 Å². The van der Waals surface area contributed by atoms with E-state index in [1.807, 2.05) is 0 Å². The fraction of sp³-hybridized carbons (Fsp3) is 0.333. The van der Waals surface area contributed by atoms with Crippen molar-refractivity contribution >= 4 is 5.97 Å². The Morgan fingerprint density at radius 3 is 2.80 bits per heavy atom. The van der Waals surface area contributed by atoms with Crippen LogP contribution >= 0.6 is 0 Å². The van der Waals surface area contributed by atoms with Gasteiger partial charge in [-0.05, 0) is 24.1 Å². The predicted octanol–water partition coefficient (Wildman–Crippen LogP) is 0.974. The lowest BCUT2D eigenvalue weighted by molar-refractivity contribution is -0.138. The smallest absolute Gasteiger partial charge is 0.320 e. The molecule has 1 aromatic heterocycles. The van der Waals surface area contributed by atoms with E-state index in [4.69, 9.17) is 10.8 Å². The molecule has 1 heterocycles. The minimum absolute atomic E-state index is 0.0115. The van der Waals surface area contributed by atoms with Gasteiger partial charge in [0.25, 0.3) is 6.43 Å². The molecule has 1 unspecified atom stereocenters. The molecule has 0 saturated heterocycles. The van der Waals surface area contributed by atoms with E-state index in [0.717, 1.165) is 6.07 Å². The molecule has 0 aromatic carbocycles. The van der Waals surface area contributed by atoms with Crippen molar-refractivity contribution in [1.29, 1.82) is 0 Å². The largest absolute Gasteiger partial charge is 0.480 e. The summed E-state index contributed by atoms with van der Waals surface area (Å²) in [4.78, 5) is 13.9. The van der Waals surface area contributed by atoms with Crippen molar-refractivity contribution in [2.24, 2.45) is 5.73 Å². The Labute approximate surface area is 84.7 Å². The highest BCUT2D eigenvalue weighted by atomic mass is 19.3. The first kappa shape index (κ1) is 11.5. The Bertz CT molecular complexity index is 358. The van der Waals surface area contributed by atoms with Crippen molar-refractivity contribution in [2.75, 3.05) is 0 Å². The van der Waals surface area contributed by atoms with Gasteiger partial charge in [0, 0.05) is 6.20 Å². The number of alkyl halides is 2. The summed E-state index contributed by atoms with van der Waals surface area (Å²) in [5.74, 6) is -1.16. The lowest BCUT2D eigenvalue weighted by atomic mass is 10.1. The van der Waals surface area contributed by atoms with Gasteiger partial charge in [0.05, 0.1) is 0 Å². The van der Waals surface area contributed by atoms with Crippen LogP contribution in [-0.2, 0) is 11.2 Å². The Hall–Kier alpha value is -1.56. The highest BCUT2D eigenvalue weighted by Gasteiger charge is 2.14. The predicted molar refractivity (Wildman–Crippen MR) is 48.5 cm³/mol. The van der Waals surface area contributed by atoms with Gasteiger partial charge in [-0.15, -0.1) is 0 Å². The highest BCUT2D eigenvalue weighted by molar-refractivity contribution is 5.73. The van der Waals surface area contributed by atoms with Gasteiger partial charge in [-0.25, -0.2) is 8.78 Å². The van der Waals surface area contributed by atoms with Crippen molar-refractivity contribution in [3.05, 3.63) is 29.6 Å². The number of rotatable bonds is 4. The summed E-state index contributed by atoms with van der Waals surface area (Å²) >= 11 is 0. The summed E-state index contributed by atoms with van der Waals surface area (Å²) in [7, 11) is 0. The minimum atomic E-state index is -2.66. The Morgan fingerprint density at radius 1 is 1.60 bits per heavy atom. The Morgan fingerprint density at radius 2 is 2.27 bits per heavy atom. The van der Waals surface area contributed by atoms with E-state index >= 15 is 0 Å². The van der Waals surface area contributed by atoms with Crippen LogP contribution in [0.4, 0.5) is 8.78 Å². The zero-order valence-corrected chi connectivity index (χ0v) is 7.73. The molecule has 3 N–H and O–H groups in total. The van der Waals surface area contributed by atoms with Crippen LogP contribution in [0.1, 0.15) is 17.7 Å². The second-order valence-electron chi connectivity index (χ2n) is 3.04. The number of carboxylic acids is 1. The SMILES string of the molecule is NC(Cc1ccnc(C(F)F)c1)C(=O)O. The van der Waals surface area contributed by atoms with E-state index in [1.165, 1.54) is 12.3 Å². The Balaban J connectivity index is 2.78. The lowest BCUT2D eigenvalue weighted by Crippen LogP contribution is -2.32. The number of nitrogens with two attached hydrogens (primary N) is 1. The molecule has 0 spiro atoms. The van der Waals surface area contributed by atoms with Gasteiger partial charge in [-0.1, -0.05) is 0 Å². The van der Waals surface area contributed by atoms with Crippen molar-refractivity contribution in [2.45, 2.75) is 18.9 Å². The van der Waals surface area contributed by atoms with Crippen LogP contribution in [0.25, 0.3) is 0 Å². The molecule has 0 aliphatic carbocycles. The fourth-order valence-corrected chi connectivity index (χ4v) is 1.08. The number of carbonyl (C=O) groups is 1. The van der Waals surface area contributed by atoms with Gasteiger partial charge in [-0.3, -0.25) is 9.78 Å². The van der Waals surface area contributed by atoms with Crippen molar-refractivity contribution < 1.29 is 18.7 Å². The standard InChI is InChI=1S/C9H10F2N2O2/c10-8(11)7-4-5(1-2-13-7)3-6(12)9(14)15/h1-2,4,6,8H,3,12H2,(H,14,15). The van der Waals surface area contributed by atoms with E-state index in [1.54, 1.807) is 0 Å². The minimum Gasteiger partial charge on any atom is -0.480 e. The van der Waals surface area contributed by atoms with Gasteiger partial charge in [0.2, 0.25) is 0 Å². The van der Waals surface area contributed by atoms with Crippen LogP contribution < -0.4 is 5.73 Å². The zero-order valence-electron chi connectivity index (χ0n) is 7.73. The monoisotopic (exact) mass is 216 g/mol. The average Bonchev–Trinajstić information content (AvgIpc) is 2.18. The molecule has 82 valence electrons. The number of hydrogen-bond donors (Lipinski definition) is 2. The van der Waals surface area contributed by atoms with Crippen LogP contribution in [0, 0.1) is 0 Å². The lowest BCUT2D eigenvalue weighted by Gasteiger charge is -2.07. The molecule has 0 fully saturated rings. The summed E-state index contributed by atoms with van der Waals surface area (Å²) in [6, 6.07) is 1.54. The van der Waals surface area contributed by atoms with E-state index in [-0.39, 0.29) is 12.1 Å². The maximum atomic E-state index is 12.2. The Kier molecular flexibility index (Phi) is 3.68. The molecule has 1 aromatic rings. The normalized spacial score (nSPS) is 12.8. The summed E-state index contributed by atoms with van der Waals surface area (Å²) in [5.41, 5.74) is 5.34. The van der Waals surface area contributed by atoms with Crippen LogP contribution in [0.3, 0.4) is 0 Å². The van der Waals surface area contributed by atoms with Gasteiger partial charge in [0.15, 0.2) is 0 Å². The van der Waals surface area contributed by atoms with Crippen LogP contribution in [-0.4, -0.2) is 22.1 Å². The third-order valence-corrected chi connectivity index (χ3v) is 1.84. The molecule has 4 nitrogen and oxygen atoms in total. The molecule has 0 aliphatic heterocycles. The zero-order chi connectivity index (χ0) is 11.4. The van der Waals surface area contributed by atoms with Gasteiger partial charge in [0.1, 0.15) is 11.7 Å². The molecule has 6 heteroatoms. The number of nitrogens with zero attached hydrogens (tertiary/aromatic N) is 1. The van der Waals surface area contributed by atoms with E-state index in [2.05, 4.69) is 4.98 Å². The first-order valence-corrected chi connectivity index (χ1v) is 4.22. The van der Waals surface area contributed by atoms with Crippen LogP contribution in [0.15, 0.2) is 18.3 Å². The second-order valence-corrected chi connectivity index (χ2v) is 3.04. The molecule has 0 amide bonds. The maximum Gasteiger partial charge on any atom is 0.320 e. The third kappa shape index (κ3) is 3.25. The number of hydrogen-bond acceptors (Lipinski definition) is 3. The summed E-state index contributed by atoms with van der Waals surface area (Å²) in [6.45, 7) is 0. The average molecular weight is 216 g/mol. The maximum absolute atomic E-state index is 12.2. The molecular weight excluding hydrogens is 206 g/mol. The first-order chi connectivity index (χ1) is 7.00. The fourth-order valence-electron chi connectivity index (χ4n) is 1.08. The molecular formula is C9H10F2N2O2. The first-order valence-electron chi connectivity index (χ1n) is 4.22. The molecule has 0 bridgehead atoms. The summed E-state index contributed by atoms with van der Waals surface area (Å²) in [6.07, 6.45) is -1.44. The number of aliphatic carboxylic acids is 1. The van der Waals surface area contributed by atoms with Crippen LogP contribution in [0.5, 0.6) is 0 Å². The third-order valence-electron chi connectivity index (χ3n) is 1.84. The molecule has 0 radical (unpaired) electrons. The van der Waals surface area contributed by atoms with E-state index in [0.29, 0.717) is 5.56 Å². The van der Waals surface area contributed by atoms with Gasteiger partial charge >= 0.3 is 5.97 Å². The number of aromatic nitrogens is 1. The second kappa shape index (κ2) is 4.79.